The first-order valence-corrected chi connectivity index (χ1v) is 4.49. The Balaban J connectivity index is 0.00000144. The van der Waals surface area contributed by atoms with E-state index in [2.05, 4.69) is 20.9 Å². The molecule has 0 bridgehead atoms. The SMILES string of the molecule is Cl.NC(CO)Cc1cccc(Br)n1. The van der Waals surface area contributed by atoms with Crippen LogP contribution >= 0.6 is 28.3 Å². The predicted octanol–water partition coefficient (Wildman–Crippen LogP) is 1.13. The molecule has 0 aliphatic carbocycles. The molecule has 0 saturated carbocycles. The van der Waals surface area contributed by atoms with Crippen LogP contribution in [0.4, 0.5) is 0 Å². The fraction of sp³-hybridized carbons (Fsp3) is 0.375. The first-order valence-electron chi connectivity index (χ1n) is 3.70. The van der Waals surface area contributed by atoms with Crippen LogP contribution in [0.3, 0.4) is 0 Å². The van der Waals surface area contributed by atoms with E-state index >= 15 is 0 Å². The molecule has 0 radical (unpaired) electrons. The lowest BCUT2D eigenvalue weighted by Crippen LogP contribution is -2.27. The number of aliphatic hydroxyl groups excluding tert-OH is 1. The molecule has 0 aliphatic rings. The molecule has 0 fully saturated rings. The number of aromatic nitrogens is 1. The largest absolute Gasteiger partial charge is 0.395 e. The van der Waals surface area contributed by atoms with Gasteiger partial charge in [0.2, 0.25) is 0 Å². The standard InChI is InChI=1S/C8H11BrN2O.ClH/c9-8-3-1-2-7(11-8)4-6(10)5-12;/h1-3,6,12H,4-5,10H2;1H. The molecule has 1 atom stereocenters. The molecule has 0 spiro atoms. The van der Waals surface area contributed by atoms with Crippen LogP contribution in [-0.2, 0) is 6.42 Å². The first-order chi connectivity index (χ1) is 5.72. The van der Waals surface area contributed by atoms with Gasteiger partial charge >= 0.3 is 0 Å². The number of nitrogens with zero attached hydrogens (tertiary/aromatic N) is 1. The van der Waals surface area contributed by atoms with Crippen LogP contribution in [0.25, 0.3) is 0 Å². The predicted molar refractivity (Wildman–Crippen MR) is 58.0 cm³/mol. The molecule has 1 unspecified atom stereocenters. The van der Waals surface area contributed by atoms with Crippen LogP contribution in [0.2, 0.25) is 0 Å². The Morgan fingerprint density at radius 3 is 2.77 bits per heavy atom. The summed E-state index contributed by atoms with van der Waals surface area (Å²) in [5.74, 6) is 0. The van der Waals surface area contributed by atoms with Gasteiger partial charge in [0.25, 0.3) is 0 Å². The molecule has 1 heterocycles. The highest BCUT2D eigenvalue weighted by molar-refractivity contribution is 9.10. The number of rotatable bonds is 3. The van der Waals surface area contributed by atoms with Gasteiger partial charge in [0.05, 0.1) is 6.61 Å². The van der Waals surface area contributed by atoms with Gasteiger partial charge in [-0.15, -0.1) is 12.4 Å². The molecule has 0 aromatic carbocycles. The lowest BCUT2D eigenvalue weighted by Gasteiger charge is -2.06. The number of halogens is 2. The Kier molecular flexibility index (Phi) is 6.24. The van der Waals surface area contributed by atoms with Crippen molar-refractivity contribution in [3.8, 4) is 0 Å². The summed E-state index contributed by atoms with van der Waals surface area (Å²) in [7, 11) is 0. The molecule has 1 aromatic heterocycles. The van der Waals surface area contributed by atoms with Crippen molar-refractivity contribution in [2.75, 3.05) is 6.61 Å². The zero-order valence-electron chi connectivity index (χ0n) is 6.98. The van der Waals surface area contributed by atoms with Gasteiger partial charge in [-0.25, -0.2) is 4.98 Å². The molecular formula is C8H12BrClN2O. The van der Waals surface area contributed by atoms with Gasteiger partial charge in [-0.1, -0.05) is 6.07 Å². The van der Waals surface area contributed by atoms with Gasteiger partial charge in [-0.05, 0) is 28.1 Å². The summed E-state index contributed by atoms with van der Waals surface area (Å²) in [5.41, 5.74) is 6.44. The van der Waals surface area contributed by atoms with Crippen LogP contribution in [0.15, 0.2) is 22.8 Å². The highest BCUT2D eigenvalue weighted by atomic mass is 79.9. The first kappa shape index (κ1) is 12.8. The van der Waals surface area contributed by atoms with Crippen molar-refractivity contribution in [3.63, 3.8) is 0 Å². The quantitative estimate of drug-likeness (QED) is 0.807. The molecule has 3 N–H and O–H groups in total. The molecule has 1 aromatic rings. The normalized spacial score (nSPS) is 11.9. The molecule has 3 nitrogen and oxygen atoms in total. The number of nitrogens with two attached hydrogens (primary N) is 1. The van der Waals surface area contributed by atoms with Gasteiger partial charge in [0, 0.05) is 18.2 Å². The van der Waals surface area contributed by atoms with Crippen LogP contribution in [0.1, 0.15) is 5.69 Å². The van der Waals surface area contributed by atoms with E-state index in [0.29, 0.717) is 6.42 Å². The zero-order valence-corrected chi connectivity index (χ0v) is 9.38. The van der Waals surface area contributed by atoms with Crippen LogP contribution in [0.5, 0.6) is 0 Å². The second-order valence-corrected chi connectivity index (χ2v) is 3.41. The van der Waals surface area contributed by atoms with Crippen molar-refractivity contribution in [2.45, 2.75) is 12.5 Å². The van der Waals surface area contributed by atoms with Crippen molar-refractivity contribution in [1.82, 2.24) is 4.98 Å². The average molecular weight is 268 g/mol. The Bertz CT molecular complexity index is 260. The third-order valence-corrected chi connectivity index (χ3v) is 1.92. The van der Waals surface area contributed by atoms with Gasteiger partial charge in [-0.2, -0.15) is 0 Å². The van der Waals surface area contributed by atoms with Gasteiger partial charge in [0.1, 0.15) is 4.60 Å². The second kappa shape index (κ2) is 6.32. The maximum atomic E-state index is 8.70. The van der Waals surface area contributed by atoms with Gasteiger partial charge in [0.15, 0.2) is 0 Å². The van der Waals surface area contributed by atoms with E-state index in [4.69, 9.17) is 10.8 Å². The lowest BCUT2D eigenvalue weighted by atomic mass is 10.2. The number of hydrogen-bond donors (Lipinski definition) is 2. The van der Waals surface area contributed by atoms with Crippen LogP contribution in [-0.4, -0.2) is 22.7 Å². The lowest BCUT2D eigenvalue weighted by molar-refractivity contribution is 0.264. The van der Waals surface area contributed by atoms with Crippen molar-refractivity contribution in [3.05, 3.63) is 28.5 Å². The molecule has 0 amide bonds. The van der Waals surface area contributed by atoms with Crippen LogP contribution in [0, 0.1) is 0 Å². The minimum atomic E-state index is -0.216. The maximum Gasteiger partial charge on any atom is 0.106 e. The van der Waals surface area contributed by atoms with Crippen LogP contribution < -0.4 is 5.73 Å². The summed E-state index contributed by atoms with van der Waals surface area (Å²) in [5, 5.41) is 8.70. The van der Waals surface area contributed by atoms with E-state index in [1.807, 2.05) is 18.2 Å². The number of hydrogen-bond acceptors (Lipinski definition) is 3. The average Bonchev–Trinajstić information content (AvgIpc) is 2.04. The van der Waals surface area contributed by atoms with Crippen molar-refractivity contribution in [2.24, 2.45) is 5.73 Å². The zero-order chi connectivity index (χ0) is 8.97. The molecule has 1 rings (SSSR count). The summed E-state index contributed by atoms with van der Waals surface area (Å²) in [6, 6.07) is 5.43. The summed E-state index contributed by atoms with van der Waals surface area (Å²) in [6.07, 6.45) is 0.607. The minimum Gasteiger partial charge on any atom is -0.395 e. The topological polar surface area (TPSA) is 59.1 Å². The van der Waals surface area contributed by atoms with E-state index < -0.39 is 0 Å². The number of pyridine rings is 1. The summed E-state index contributed by atoms with van der Waals surface area (Å²) in [4.78, 5) is 4.19. The van der Waals surface area contributed by atoms with E-state index in [1.165, 1.54) is 0 Å². The molecule has 13 heavy (non-hydrogen) atoms. The van der Waals surface area contributed by atoms with Crippen molar-refractivity contribution < 1.29 is 5.11 Å². The molecule has 74 valence electrons. The number of aliphatic hydroxyl groups is 1. The van der Waals surface area contributed by atoms with Gasteiger partial charge < -0.3 is 10.8 Å². The smallest absolute Gasteiger partial charge is 0.106 e. The summed E-state index contributed by atoms with van der Waals surface area (Å²) in [6.45, 7) is -0.00576. The maximum absolute atomic E-state index is 8.70. The monoisotopic (exact) mass is 266 g/mol. The third kappa shape index (κ3) is 4.57. The molecule has 5 heteroatoms. The fourth-order valence-electron chi connectivity index (χ4n) is 0.897. The van der Waals surface area contributed by atoms with E-state index in [1.54, 1.807) is 0 Å². The van der Waals surface area contributed by atoms with Crippen molar-refractivity contribution in [1.29, 1.82) is 0 Å². The minimum absolute atomic E-state index is 0. The molecular weight excluding hydrogens is 255 g/mol. The Labute approximate surface area is 91.9 Å². The summed E-state index contributed by atoms with van der Waals surface area (Å²) < 4.78 is 0.796. The molecule has 0 aliphatic heterocycles. The second-order valence-electron chi connectivity index (χ2n) is 2.60. The van der Waals surface area contributed by atoms with E-state index in [0.717, 1.165) is 10.3 Å². The van der Waals surface area contributed by atoms with Crippen molar-refractivity contribution >= 4 is 28.3 Å². The summed E-state index contributed by atoms with van der Waals surface area (Å²) >= 11 is 3.26. The Hall–Kier alpha value is -0.160. The van der Waals surface area contributed by atoms with Gasteiger partial charge in [-0.3, -0.25) is 0 Å². The Morgan fingerprint density at radius 2 is 2.23 bits per heavy atom. The third-order valence-electron chi connectivity index (χ3n) is 1.48. The molecule has 0 saturated heterocycles. The Morgan fingerprint density at radius 1 is 1.54 bits per heavy atom. The fourth-order valence-corrected chi connectivity index (χ4v) is 1.28. The van der Waals surface area contributed by atoms with E-state index in [-0.39, 0.29) is 25.1 Å². The highest BCUT2D eigenvalue weighted by Crippen LogP contribution is 2.07. The van der Waals surface area contributed by atoms with E-state index in [9.17, 15) is 0 Å². The highest BCUT2D eigenvalue weighted by Gasteiger charge is 2.02.